The Morgan fingerprint density at radius 3 is 2.89 bits per heavy atom. The highest BCUT2D eigenvalue weighted by atomic mass is 16.5. The molecule has 0 aliphatic carbocycles. The fourth-order valence-corrected chi connectivity index (χ4v) is 2.25. The van der Waals surface area contributed by atoms with Crippen LogP contribution in [-0.2, 0) is 9.47 Å². The van der Waals surface area contributed by atoms with E-state index in [2.05, 4.69) is 42.4 Å². The maximum absolute atomic E-state index is 5.63. The summed E-state index contributed by atoms with van der Waals surface area (Å²) in [6, 6.07) is 0. The van der Waals surface area contributed by atoms with Crippen LogP contribution in [0.25, 0.3) is 0 Å². The molecule has 2 rings (SSSR count). The Morgan fingerprint density at radius 1 is 1.33 bits per heavy atom. The number of allylic oxidation sites excluding steroid dienone is 2. The van der Waals surface area contributed by atoms with Crippen molar-refractivity contribution in [1.29, 1.82) is 0 Å². The fourth-order valence-electron chi connectivity index (χ4n) is 2.25. The van der Waals surface area contributed by atoms with Crippen LogP contribution in [0, 0.1) is 0 Å². The summed E-state index contributed by atoms with van der Waals surface area (Å²) in [6.45, 7) is 11.9. The molecule has 0 radical (unpaired) electrons. The first-order valence-electron chi connectivity index (χ1n) is 6.77. The summed E-state index contributed by atoms with van der Waals surface area (Å²) in [6.07, 6.45) is 4.19. The van der Waals surface area contributed by atoms with Gasteiger partial charge in [-0.15, -0.1) is 0 Å². The molecule has 0 aromatic carbocycles. The summed E-state index contributed by atoms with van der Waals surface area (Å²) in [4.78, 5) is 2.25. The molecule has 2 heterocycles. The second kappa shape index (κ2) is 5.94. The molecule has 0 aromatic heterocycles. The predicted octanol–water partition coefficient (Wildman–Crippen LogP) is 1.59. The minimum absolute atomic E-state index is 0.793. The molecular weight excluding hydrogens is 228 g/mol. The van der Waals surface area contributed by atoms with Crippen LogP contribution in [-0.4, -0.2) is 54.8 Å². The molecule has 0 atom stereocenters. The minimum atomic E-state index is 0.793. The van der Waals surface area contributed by atoms with Crippen LogP contribution in [0.15, 0.2) is 23.6 Å². The van der Waals surface area contributed by atoms with Gasteiger partial charge in [-0.25, -0.2) is 0 Å². The Bertz CT molecular complexity index is 397. The minimum Gasteiger partial charge on any atom is -0.477 e. The predicted molar refractivity (Wildman–Crippen MR) is 71.7 cm³/mol. The maximum Gasteiger partial charge on any atom is 0.362 e. The second-order valence-electron chi connectivity index (χ2n) is 4.57. The molecule has 0 bridgehead atoms. The van der Waals surface area contributed by atoms with Gasteiger partial charge in [0.25, 0.3) is 0 Å². The highest BCUT2D eigenvalue weighted by Crippen LogP contribution is 2.15. The lowest BCUT2D eigenvalue weighted by Gasteiger charge is -2.13. The molecule has 100 valence electrons. The first-order chi connectivity index (χ1) is 8.74. The van der Waals surface area contributed by atoms with Gasteiger partial charge in [0.05, 0.1) is 12.6 Å². The molecule has 4 heteroatoms. The van der Waals surface area contributed by atoms with Crippen molar-refractivity contribution < 1.29 is 14.0 Å². The van der Waals surface area contributed by atoms with Crippen molar-refractivity contribution in [3.05, 3.63) is 23.6 Å². The maximum atomic E-state index is 5.63. The van der Waals surface area contributed by atoms with Crippen molar-refractivity contribution in [2.24, 2.45) is 0 Å². The van der Waals surface area contributed by atoms with Crippen molar-refractivity contribution in [3.63, 3.8) is 0 Å². The average molecular weight is 251 g/mol. The lowest BCUT2D eigenvalue weighted by atomic mass is 10.2. The topological polar surface area (TPSA) is 24.7 Å². The third-order valence-electron chi connectivity index (χ3n) is 3.31. The third-order valence-corrected chi connectivity index (χ3v) is 3.31. The molecule has 18 heavy (non-hydrogen) atoms. The third kappa shape index (κ3) is 2.86. The Hall–Kier alpha value is -1.45. The summed E-state index contributed by atoms with van der Waals surface area (Å²) in [5.41, 5.74) is 1.17. The number of hydrogen-bond acceptors (Lipinski definition) is 3. The van der Waals surface area contributed by atoms with Crippen molar-refractivity contribution in [2.45, 2.75) is 20.8 Å². The molecule has 0 amide bonds. The van der Waals surface area contributed by atoms with E-state index in [0.717, 1.165) is 51.2 Å². The largest absolute Gasteiger partial charge is 0.477 e. The lowest BCUT2D eigenvalue weighted by molar-refractivity contribution is -0.513. The van der Waals surface area contributed by atoms with Crippen LogP contribution >= 0.6 is 0 Å². The lowest BCUT2D eigenvalue weighted by Crippen LogP contribution is -2.17. The summed E-state index contributed by atoms with van der Waals surface area (Å²) in [7, 11) is 0. The van der Waals surface area contributed by atoms with Gasteiger partial charge in [-0.1, -0.05) is 0 Å². The van der Waals surface area contributed by atoms with Crippen LogP contribution in [0.2, 0.25) is 0 Å². The Balaban J connectivity index is 2.11. The molecule has 0 spiro atoms. The van der Waals surface area contributed by atoms with E-state index in [-0.39, 0.29) is 0 Å². The van der Waals surface area contributed by atoms with E-state index >= 15 is 0 Å². The number of ether oxygens (including phenoxy) is 2. The molecule has 0 unspecified atom stereocenters. The van der Waals surface area contributed by atoms with Crippen LogP contribution in [0.1, 0.15) is 20.8 Å². The van der Waals surface area contributed by atoms with Crippen molar-refractivity contribution in [2.75, 3.05) is 39.4 Å². The van der Waals surface area contributed by atoms with Crippen molar-refractivity contribution in [1.82, 2.24) is 4.90 Å². The molecule has 4 nitrogen and oxygen atoms in total. The van der Waals surface area contributed by atoms with Crippen LogP contribution in [0.5, 0.6) is 0 Å². The monoisotopic (exact) mass is 251 g/mol. The first kappa shape index (κ1) is 13.0. The van der Waals surface area contributed by atoms with Gasteiger partial charge < -0.3 is 14.4 Å². The van der Waals surface area contributed by atoms with E-state index in [1.165, 1.54) is 5.57 Å². The number of nitrogens with zero attached hydrogens (tertiary/aromatic N) is 2. The van der Waals surface area contributed by atoms with Gasteiger partial charge in [-0.3, -0.25) is 0 Å². The van der Waals surface area contributed by atoms with Crippen molar-refractivity contribution >= 4 is 5.90 Å². The fraction of sp³-hybridized carbons (Fsp3) is 0.643. The van der Waals surface area contributed by atoms with Gasteiger partial charge in [-0.05, 0) is 26.3 Å². The Labute approximate surface area is 109 Å². The van der Waals surface area contributed by atoms with Gasteiger partial charge >= 0.3 is 5.90 Å². The molecule has 1 saturated heterocycles. The van der Waals surface area contributed by atoms with E-state index in [1.807, 2.05) is 0 Å². The van der Waals surface area contributed by atoms with Crippen LogP contribution in [0.4, 0.5) is 0 Å². The van der Waals surface area contributed by atoms with Crippen LogP contribution in [0.3, 0.4) is 0 Å². The van der Waals surface area contributed by atoms with E-state index in [0.29, 0.717) is 0 Å². The normalized spacial score (nSPS) is 22.7. The van der Waals surface area contributed by atoms with Crippen molar-refractivity contribution in [3.8, 4) is 0 Å². The van der Waals surface area contributed by atoms with E-state index < -0.39 is 0 Å². The van der Waals surface area contributed by atoms with E-state index in [1.54, 1.807) is 0 Å². The molecule has 0 saturated carbocycles. The van der Waals surface area contributed by atoms with Gasteiger partial charge in [-0.2, -0.15) is 4.58 Å². The van der Waals surface area contributed by atoms with Gasteiger partial charge in [0.15, 0.2) is 19.0 Å². The number of likely N-dealkylation sites (N-methyl/N-ethyl adjacent to an activating group) is 2. The SMILES string of the molecule is CCN1CCO/C1=C/C(C)=C/C1=[N+](CC)CCO1. The van der Waals surface area contributed by atoms with Gasteiger partial charge in [0.2, 0.25) is 0 Å². The highest BCUT2D eigenvalue weighted by molar-refractivity contribution is 5.85. The van der Waals surface area contributed by atoms with E-state index in [4.69, 9.17) is 9.47 Å². The van der Waals surface area contributed by atoms with Gasteiger partial charge in [0.1, 0.15) is 13.2 Å². The Morgan fingerprint density at radius 2 is 2.17 bits per heavy atom. The zero-order valence-electron chi connectivity index (χ0n) is 11.6. The summed E-state index contributed by atoms with van der Waals surface area (Å²) < 4.78 is 13.5. The zero-order chi connectivity index (χ0) is 13.0. The smallest absolute Gasteiger partial charge is 0.362 e. The van der Waals surface area contributed by atoms with Crippen LogP contribution < -0.4 is 0 Å². The summed E-state index contributed by atoms with van der Waals surface area (Å²) in [5, 5.41) is 0. The standard InChI is InChI=1S/C14H23N2O2/c1-4-15-6-8-17-13(15)10-12(3)11-14-16(5-2)7-9-18-14/h10-11H,4-9H2,1-3H3/q+1. The first-order valence-corrected chi connectivity index (χ1v) is 6.77. The number of rotatable bonds is 4. The van der Waals surface area contributed by atoms with Gasteiger partial charge in [0, 0.05) is 12.6 Å². The molecule has 0 N–H and O–H groups in total. The molecule has 1 fully saturated rings. The average Bonchev–Trinajstić information content (AvgIpc) is 2.97. The molecule has 2 aliphatic heterocycles. The second-order valence-corrected chi connectivity index (χ2v) is 4.57. The highest BCUT2D eigenvalue weighted by Gasteiger charge is 2.21. The quantitative estimate of drug-likeness (QED) is 0.709. The molecule has 2 aliphatic rings. The number of hydrogen-bond donors (Lipinski definition) is 0. The van der Waals surface area contributed by atoms with E-state index in [9.17, 15) is 0 Å². The molecule has 0 aromatic rings. The summed E-state index contributed by atoms with van der Waals surface area (Å²) in [5.74, 6) is 1.96. The zero-order valence-corrected chi connectivity index (χ0v) is 11.6. The summed E-state index contributed by atoms with van der Waals surface area (Å²) >= 11 is 0. The molecular formula is C14H23N2O2+. The Kier molecular flexibility index (Phi) is 4.28.